The van der Waals surface area contributed by atoms with Gasteiger partial charge in [0.2, 0.25) is 0 Å². The van der Waals surface area contributed by atoms with E-state index in [0.29, 0.717) is 6.42 Å². The first kappa shape index (κ1) is 11.6. The van der Waals surface area contributed by atoms with Crippen molar-refractivity contribution in [1.82, 2.24) is 4.98 Å². The van der Waals surface area contributed by atoms with E-state index in [1.54, 1.807) is 0 Å². The van der Waals surface area contributed by atoms with Crippen LogP contribution in [-0.4, -0.2) is 28.9 Å². The summed E-state index contributed by atoms with van der Waals surface area (Å²) in [5, 5.41) is 9.91. The van der Waals surface area contributed by atoms with Crippen LogP contribution in [0.1, 0.15) is 30.5 Å². The molecule has 1 aliphatic heterocycles. The predicted octanol–water partition coefficient (Wildman–Crippen LogP) is 1.86. The van der Waals surface area contributed by atoms with E-state index >= 15 is 0 Å². The van der Waals surface area contributed by atoms with Gasteiger partial charge in [0, 0.05) is 24.9 Å². The summed E-state index contributed by atoms with van der Waals surface area (Å²) in [7, 11) is 0. The SMILES string of the molecule is Cc1ccc(CC(O)CC2CCCO2)nc1. The lowest BCUT2D eigenvalue weighted by Crippen LogP contribution is -2.19. The lowest BCUT2D eigenvalue weighted by Gasteiger charge is -2.14. The van der Waals surface area contributed by atoms with Gasteiger partial charge in [-0.2, -0.15) is 0 Å². The second-order valence-corrected chi connectivity index (χ2v) is 4.56. The van der Waals surface area contributed by atoms with Crippen LogP contribution < -0.4 is 0 Å². The quantitative estimate of drug-likeness (QED) is 0.844. The Morgan fingerprint density at radius 3 is 3.06 bits per heavy atom. The summed E-state index contributed by atoms with van der Waals surface area (Å²) >= 11 is 0. The van der Waals surface area contributed by atoms with Crippen LogP contribution in [0.4, 0.5) is 0 Å². The fourth-order valence-corrected chi connectivity index (χ4v) is 2.08. The van der Waals surface area contributed by atoms with Crippen LogP contribution in [0, 0.1) is 6.92 Å². The molecule has 1 aliphatic rings. The average Bonchev–Trinajstić information content (AvgIpc) is 2.74. The van der Waals surface area contributed by atoms with Crippen LogP contribution in [0.25, 0.3) is 0 Å². The monoisotopic (exact) mass is 221 g/mol. The smallest absolute Gasteiger partial charge is 0.0620 e. The molecule has 1 N–H and O–H groups in total. The lowest BCUT2D eigenvalue weighted by atomic mass is 10.0. The van der Waals surface area contributed by atoms with Crippen LogP contribution in [0.2, 0.25) is 0 Å². The molecule has 0 amide bonds. The van der Waals surface area contributed by atoms with Gasteiger partial charge in [-0.3, -0.25) is 4.98 Å². The van der Waals surface area contributed by atoms with Gasteiger partial charge >= 0.3 is 0 Å². The first-order chi connectivity index (χ1) is 7.74. The van der Waals surface area contributed by atoms with E-state index in [1.807, 2.05) is 25.3 Å². The molecule has 1 aromatic heterocycles. The molecule has 3 nitrogen and oxygen atoms in total. The fourth-order valence-electron chi connectivity index (χ4n) is 2.08. The zero-order chi connectivity index (χ0) is 11.4. The number of aromatic nitrogens is 1. The highest BCUT2D eigenvalue weighted by molar-refractivity contribution is 5.12. The highest BCUT2D eigenvalue weighted by atomic mass is 16.5. The van der Waals surface area contributed by atoms with E-state index in [-0.39, 0.29) is 12.2 Å². The Bertz CT molecular complexity index is 317. The highest BCUT2D eigenvalue weighted by Crippen LogP contribution is 2.18. The van der Waals surface area contributed by atoms with Gasteiger partial charge in [-0.25, -0.2) is 0 Å². The maximum Gasteiger partial charge on any atom is 0.0620 e. The summed E-state index contributed by atoms with van der Waals surface area (Å²) in [6.07, 6.45) is 5.32. The summed E-state index contributed by atoms with van der Waals surface area (Å²) in [5.74, 6) is 0. The zero-order valence-corrected chi connectivity index (χ0v) is 9.72. The normalized spacial score (nSPS) is 22.2. The number of ether oxygens (including phenoxy) is 1. The van der Waals surface area contributed by atoms with Crippen molar-refractivity contribution in [1.29, 1.82) is 0 Å². The molecule has 2 unspecified atom stereocenters. The van der Waals surface area contributed by atoms with Crippen LogP contribution in [0.5, 0.6) is 0 Å². The number of pyridine rings is 1. The molecular formula is C13H19NO2. The van der Waals surface area contributed by atoms with Crippen molar-refractivity contribution in [3.63, 3.8) is 0 Å². The third kappa shape index (κ3) is 3.29. The van der Waals surface area contributed by atoms with Crippen molar-refractivity contribution in [3.8, 4) is 0 Å². The number of nitrogens with zero attached hydrogens (tertiary/aromatic N) is 1. The second-order valence-electron chi connectivity index (χ2n) is 4.56. The third-order valence-electron chi connectivity index (χ3n) is 2.98. The molecule has 1 aromatic rings. The number of aliphatic hydroxyl groups is 1. The number of aryl methyl sites for hydroxylation is 1. The topological polar surface area (TPSA) is 42.4 Å². The Morgan fingerprint density at radius 2 is 2.44 bits per heavy atom. The van der Waals surface area contributed by atoms with Crippen molar-refractivity contribution in [2.75, 3.05) is 6.61 Å². The zero-order valence-electron chi connectivity index (χ0n) is 9.72. The number of rotatable bonds is 4. The molecule has 16 heavy (non-hydrogen) atoms. The molecule has 2 heterocycles. The molecule has 88 valence electrons. The summed E-state index contributed by atoms with van der Waals surface area (Å²) in [6, 6.07) is 4.01. The average molecular weight is 221 g/mol. The van der Waals surface area contributed by atoms with E-state index < -0.39 is 0 Å². The van der Waals surface area contributed by atoms with Gasteiger partial charge in [-0.15, -0.1) is 0 Å². The van der Waals surface area contributed by atoms with Gasteiger partial charge in [-0.05, 0) is 37.8 Å². The molecule has 0 spiro atoms. The Labute approximate surface area is 96.5 Å². The van der Waals surface area contributed by atoms with Gasteiger partial charge in [0.1, 0.15) is 0 Å². The van der Waals surface area contributed by atoms with Gasteiger partial charge in [0.05, 0.1) is 12.2 Å². The second kappa shape index (κ2) is 5.41. The summed E-state index contributed by atoms with van der Waals surface area (Å²) in [5.41, 5.74) is 2.11. The molecule has 0 aliphatic carbocycles. The standard InChI is InChI=1S/C13H19NO2/c1-10-4-5-11(14-9-10)7-12(15)8-13-3-2-6-16-13/h4-5,9,12-13,15H,2-3,6-8H2,1H3. The molecule has 1 saturated heterocycles. The number of hydrogen-bond acceptors (Lipinski definition) is 3. The highest BCUT2D eigenvalue weighted by Gasteiger charge is 2.19. The van der Waals surface area contributed by atoms with Crippen molar-refractivity contribution in [2.45, 2.75) is 44.8 Å². The first-order valence-corrected chi connectivity index (χ1v) is 5.95. The van der Waals surface area contributed by atoms with Crippen LogP contribution in [-0.2, 0) is 11.2 Å². The van der Waals surface area contributed by atoms with Crippen LogP contribution in [0.15, 0.2) is 18.3 Å². The van der Waals surface area contributed by atoms with Gasteiger partial charge in [-0.1, -0.05) is 6.07 Å². The molecular weight excluding hydrogens is 202 g/mol. The third-order valence-corrected chi connectivity index (χ3v) is 2.98. The Morgan fingerprint density at radius 1 is 1.56 bits per heavy atom. The predicted molar refractivity (Wildman–Crippen MR) is 62.3 cm³/mol. The van der Waals surface area contributed by atoms with Crippen LogP contribution in [0.3, 0.4) is 0 Å². The fraction of sp³-hybridized carbons (Fsp3) is 0.615. The Hall–Kier alpha value is -0.930. The molecule has 2 atom stereocenters. The molecule has 0 bridgehead atoms. The summed E-state index contributed by atoms with van der Waals surface area (Å²) in [6.45, 7) is 2.86. The van der Waals surface area contributed by atoms with E-state index in [9.17, 15) is 5.11 Å². The van der Waals surface area contributed by atoms with Crippen molar-refractivity contribution in [3.05, 3.63) is 29.6 Å². The van der Waals surface area contributed by atoms with Crippen LogP contribution >= 0.6 is 0 Å². The van der Waals surface area contributed by atoms with Gasteiger partial charge < -0.3 is 9.84 Å². The summed E-state index contributed by atoms with van der Waals surface area (Å²) in [4.78, 5) is 4.29. The largest absolute Gasteiger partial charge is 0.393 e. The Balaban J connectivity index is 1.81. The minimum atomic E-state index is -0.335. The summed E-state index contributed by atoms with van der Waals surface area (Å²) < 4.78 is 5.50. The molecule has 0 radical (unpaired) electrons. The molecule has 0 saturated carbocycles. The number of hydrogen-bond donors (Lipinski definition) is 1. The van der Waals surface area contributed by atoms with E-state index in [4.69, 9.17) is 4.74 Å². The van der Waals surface area contributed by atoms with Gasteiger partial charge in [0.25, 0.3) is 0 Å². The first-order valence-electron chi connectivity index (χ1n) is 5.95. The minimum absolute atomic E-state index is 0.250. The van der Waals surface area contributed by atoms with Crippen molar-refractivity contribution >= 4 is 0 Å². The van der Waals surface area contributed by atoms with Gasteiger partial charge in [0.15, 0.2) is 0 Å². The van der Waals surface area contributed by atoms with E-state index in [2.05, 4.69) is 4.98 Å². The molecule has 1 fully saturated rings. The number of aliphatic hydroxyl groups excluding tert-OH is 1. The van der Waals surface area contributed by atoms with E-state index in [1.165, 1.54) is 0 Å². The molecule has 2 rings (SSSR count). The van der Waals surface area contributed by atoms with Crippen molar-refractivity contribution < 1.29 is 9.84 Å². The Kier molecular flexibility index (Phi) is 3.91. The maximum atomic E-state index is 9.91. The van der Waals surface area contributed by atoms with Crippen molar-refractivity contribution in [2.24, 2.45) is 0 Å². The maximum absolute atomic E-state index is 9.91. The molecule has 0 aromatic carbocycles. The molecule has 3 heteroatoms. The van der Waals surface area contributed by atoms with E-state index in [0.717, 1.165) is 37.1 Å². The minimum Gasteiger partial charge on any atom is -0.393 e. The lowest BCUT2D eigenvalue weighted by molar-refractivity contribution is 0.0537.